The third-order valence-corrected chi connectivity index (χ3v) is 2.50. The van der Waals surface area contributed by atoms with E-state index in [4.69, 9.17) is 5.11 Å². The van der Waals surface area contributed by atoms with Gasteiger partial charge in [0.25, 0.3) is 6.43 Å². The lowest BCUT2D eigenvalue weighted by Gasteiger charge is -2.03. The lowest BCUT2D eigenvalue weighted by Crippen LogP contribution is -2.04. The second-order valence-corrected chi connectivity index (χ2v) is 3.59. The normalized spacial score (nSPS) is 10.7. The summed E-state index contributed by atoms with van der Waals surface area (Å²) in [6, 6.07) is 0.900. The summed E-state index contributed by atoms with van der Waals surface area (Å²) in [6.45, 7) is -0.694. The van der Waals surface area contributed by atoms with Crippen LogP contribution in [-0.4, -0.2) is 15.0 Å². The fraction of sp³-hybridized carbons (Fsp3) is 0.286. The van der Waals surface area contributed by atoms with Crippen molar-refractivity contribution in [2.45, 2.75) is 13.0 Å². The molecule has 5 nitrogen and oxygen atoms in total. The van der Waals surface area contributed by atoms with E-state index < -0.39 is 29.3 Å². The average molecular weight is 330 g/mol. The van der Waals surface area contributed by atoms with E-state index in [0.29, 0.717) is 0 Å². The zero-order chi connectivity index (χ0) is 11.6. The molecule has 0 bridgehead atoms. The predicted molar refractivity (Wildman–Crippen MR) is 54.5 cm³/mol. The molecule has 0 unspecified atom stereocenters. The number of pyridine rings is 1. The summed E-state index contributed by atoms with van der Waals surface area (Å²) in [4.78, 5) is 13.1. The first-order valence-electron chi connectivity index (χ1n) is 3.70. The molecule has 1 aromatic heterocycles. The van der Waals surface area contributed by atoms with Crippen molar-refractivity contribution in [2.75, 3.05) is 0 Å². The van der Waals surface area contributed by atoms with Crippen LogP contribution in [0.2, 0.25) is 0 Å². The predicted octanol–water partition coefficient (Wildman–Crippen LogP) is 2.02. The molecule has 0 amide bonds. The number of aliphatic hydroxyl groups is 1. The van der Waals surface area contributed by atoms with E-state index in [9.17, 15) is 18.9 Å². The van der Waals surface area contributed by atoms with Crippen LogP contribution in [0.1, 0.15) is 17.6 Å². The maximum absolute atomic E-state index is 12.4. The van der Waals surface area contributed by atoms with E-state index in [0.717, 1.165) is 6.07 Å². The van der Waals surface area contributed by atoms with E-state index in [1.54, 1.807) is 0 Å². The first-order valence-corrected chi connectivity index (χ1v) is 4.78. The molecular weight excluding hydrogens is 325 g/mol. The summed E-state index contributed by atoms with van der Waals surface area (Å²) < 4.78 is 24.6. The van der Waals surface area contributed by atoms with Crippen molar-refractivity contribution in [1.82, 2.24) is 4.98 Å². The number of hydrogen-bond acceptors (Lipinski definition) is 4. The number of hydrogen-bond donors (Lipinski definition) is 1. The Balaban J connectivity index is 3.35. The topological polar surface area (TPSA) is 76.3 Å². The van der Waals surface area contributed by atoms with Gasteiger partial charge in [-0.05, 0) is 16.0 Å². The van der Waals surface area contributed by atoms with Crippen LogP contribution < -0.4 is 0 Å². The fourth-order valence-electron chi connectivity index (χ4n) is 0.969. The van der Waals surface area contributed by atoms with Crippen molar-refractivity contribution in [3.63, 3.8) is 0 Å². The molecule has 0 atom stereocenters. The molecule has 0 spiro atoms. The van der Waals surface area contributed by atoms with E-state index in [1.807, 2.05) is 0 Å². The Labute approximate surface area is 96.4 Å². The Morgan fingerprint density at radius 3 is 2.67 bits per heavy atom. The Morgan fingerprint density at radius 1 is 1.67 bits per heavy atom. The number of rotatable bonds is 3. The van der Waals surface area contributed by atoms with E-state index in [1.165, 1.54) is 22.6 Å². The summed E-state index contributed by atoms with van der Waals surface area (Å²) in [5.74, 6) is -0.591. The zero-order valence-electron chi connectivity index (χ0n) is 7.15. The molecule has 0 fully saturated rings. The van der Waals surface area contributed by atoms with Crippen LogP contribution >= 0.6 is 22.6 Å². The molecule has 82 valence electrons. The molecular formula is C7H5F2IN2O3. The van der Waals surface area contributed by atoms with Gasteiger partial charge in [-0.25, -0.2) is 8.78 Å². The van der Waals surface area contributed by atoms with Gasteiger partial charge in [0.1, 0.15) is 0 Å². The van der Waals surface area contributed by atoms with Crippen LogP contribution in [0.25, 0.3) is 0 Å². The van der Waals surface area contributed by atoms with Gasteiger partial charge in [-0.15, -0.1) is 0 Å². The van der Waals surface area contributed by atoms with Gasteiger partial charge in [0.05, 0.1) is 17.7 Å². The van der Waals surface area contributed by atoms with Gasteiger partial charge < -0.3 is 15.2 Å². The summed E-state index contributed by atoms with van der Waals surface area (Å²) in [5, 5.41) is 19.2. The first kappa shape index (κ1) is 12.2. The monoisotopic (exact) mass is 330 g/mol. The highest BCUT2D eigenvalue weighted by atomic mass is 127. The van der Waals surface area contributed by atoms with Crippen LogP contribution in [0.5, 0.6) is 0 Å². The van der Waals surface area contributed by atoms with Crippen molar-refractivity contribution in [1.29, 1.82) is 0 Å². The highest BCUT2D eigenvalue weighted by Gasteiger charge is 2.24. The lowest BCUT2D eigenvalue weighted by molar-refractivity contribution is -0.390. The third kappa shape index (κ3) is 2.56. The number of alkyl halides is 2. The van der Waals surface area contributed by atoms with Crippen molar-refractivity contribution in [3.05, 3.63) is 31.0 Å². The SMILES string of the molecule is O=[N+]([O-])c1nc(I)c(C(F)F)cc1CO. The Bertz CT molecular complexity index is 400. The van der Waals surface area contributed by atoms with Gasteiger partial charge >= 0.3 is 5.82 Å². The van der Waals surface area contributed by atoms with E-state index in [2.05, 4.69) is 4.98 Å². The van der Waals surface area contributed by atoms with Crippen LogP contribution in [-0.2, 0) is 6.61 Å². The molecule has 1 aromatic rings. The standard InChI is InChI=1S/C7H5F2IN2O3/c8-5(9)4-1-3(2-13)7(12(14)15)11-6(4)10/h1,5,13H,2H2. The molecule has 0 aliphatic rings. The molecule has 0 aliphatic heterocycles. The molecule has 0 aromatic carbocycles. The van der Waals surface area contributed by atoms with Crippen molar-refractivity contribution in [3.8, 4) is 0 Å². The minimum Gasteiger partial charge on any atom is -0.391 e. The van der Waals surface area contributed by atoms with Gasteiger partial charge in [0.2, 0.25) is 3.70 Å². The average Bonchev–Trinajstić information content (AvgIpc) is 2.16. The minimum absolute atomic E-state index is 0.133. The molecule has 15 heavy (non-hydrogen) atoms. The smallest absolute Gasteiger partial charge is 0.370 e. The molecule has 8 heteroatoms. The van der Waals surface area contributed by atoms with E-state index in [-0.39, 0.29) is 9.26 Å². The number of halogens is 3. The second-order valence-electron chi connectivity index (χ2n) is 2.57. The van der Waals surface area contributed by atoms with E-state index >= 15 is 0 Å². The molecule has 0 aliphatic carbocycles. The summed E-state index contributed by atoms with van der Waals surface area (Å²) in [6.07, 6.45) is -2.77. The second kappa shape index (κ2) is 4.75. The number of nitro groups is 1. The molecule has 0 saturated carbocycles. The maximum Gasteiger partial charge on any atom is 0.370 e. The molecule has 0 radical (unpaired) electrons. The van der Waals surface area contributed by atoms with Crippen molar-refractivity contribution < 1.29 is 18.8 Å². The quantitative estimate of drug-likeness (QED) is 0.398. The molecule has 1 heterocycles. The third-order valence-electron chi connectivity index (χ3n) is 1.64. The van der Waals surface area contributed by atoms with Crippen LogP contribution in [0.15, 0.2) is 6.07 Å². The first-order chi connectivity index (χ1) is 6.97. The minimum atomic E-state index is -2.77. The van der Waals surface area contributed by atoms with Gasteiger partial charge in [-0.1, -0.05) is 0 Å². The summed E-state index contributed by atoms with van der Waals surface area (Å²) in [7, 11) is 0. The van der Waals surface area contributed by atoms with Gasteiger partial charge in [0.15, 0.2) is 0 Å². The van der Waals surface area contributed by atoms with Crippen LogP contribution in [0, 0.1) is 13.8 Å². The number of aliphatic hydroxyl groups excluding tert-OH is 1. The largest absolute Gasteiger partial charge is 0.391 e. The van der Waals surface area contributed by atoms with Gasteiger partial charge in [-0.3, -0.25) is 0 Å². The Hall–Kier alpha value is -0.900. The highest BCUT2D eigenvalue weighted by Crippen LogP contribution is 2.28. The Morgan fingerprint density at radius 2 is 2.27 bits per heavy atom. The zero-order valence-corrected chi connectivity index (χ0v) is 9.31. The summed E-state index contributed by atoms with van der Waals surface area (Å²) in [5.41, 5.74) is -0.624. The van der Waals surface area contributed by atoms with Crippen LogP contribution in [0.3, 0.4) is 0 Å². The molecule has 0 saturated heterocycles. The lowest BCUT2D eigenvalue weighted by atomic mass is 10.2. The Kier molecular flexibility index (Phi) is 3.85. The van der Waals surface area contributed by atoms with Crippen molar-refractivity contribution in [2.24, 2.45) is 0 Å². The highest BCUT2D eigenvalue weighted by molar-refractivity contribution is 14.1. The van der Waals surface area contributed by atoms with Gasteiger partial charge in [-0.2, -0.15) is 0 Å². The number of nitrogens with zero attached hydrogens (tertiary/aromatic N) is 2. The van der Waals surface area contributed by atoms with Crippen molar-refractivity contribution >= 4 is 28.4 Å². The van der Waals surface area contributed by atoms with Crippen LogP contribution in [0.4, 0.5) is 14.6 Å². The molecule has 1 N–H and O–H groups in total. The van der Waals surface area contributed by atoms with Gasteiger partial charge in [0, 0.05) is 22.6 Å². The molecule has 1 rings (SSSR count). The summed E-state index contributed by atoms with van der Waals surface area (Å²) >= 11 is 1.49. The maximum atomic E-state index is 12.4. The fourth-order valence-corrected chi connectivity index (χ4v) is 1.59. The number of aromatic nitrogens is 1.